The molecule has 24 heavy (non-hydrogen) atoms. The first-order valence-corrected chi connectivity index (χ1v) is 8.87. The van der Waals surface area contributed by atoms with Crippen molar-refractivity contribution in [2.75, 3.05) is 11.4 Å². The fourth-order valence-electron chi connectivity index (χ4n) is 3.79. The van der Waals surface area contributed by atoms with E-state index in [9.17, 15) is 4.79 Å². The van der Waals surface area contributed by atoms with E-state index < -0.39 is 0 Å². The zero-order valence-corrected chi connectivity index (χ0v) is 14.1. The predicted octanol–water partition coefficient (Wildman–Crippen LogP) is 1.89. The summed E-state index contributed by atoms with van der Waals surface area (Å²) in [6.45, 7) is 3.53. The zero-order chi connectivity index (χ0) is 16.5. The minimum absolute atomic E-state index is 0.0210. The quantitative estimate of drug-likeness (QED) is 0.862. The van der Waals surface area contributed by atoms with Gasteiger partial charge < -0.3 is 4.90 Å². The molecule has 6 heteroatoms. The molecule has 1 unspecified atom stereocenters. The standard InChI is InChI=1S/C18H23N5O/c1-13-8-9-19-18(20-13)22-10-4-6-15(22)12-23-17(24)11-14-5-2-3-7-16(14)21-23/h8-9,11,15H,2-7,10,12H2,1H3. The smallest absolute Gasteiger partial charge is 0.267 e. The summed E-state index contributed by atoms with van der Waals surface area (Å²) in [4.78, 5) is 23.6. The molecule has 1 saturated heterocycles. The maximum atomic E-state index is 12.4. The third-order valence-corrected chi connectivity index (χ3v) is 5.07. The van der Waals surface area contributed by atoms with Crippen LogP contribution in [0.5, 0.6) is 0 Å². The summed E-state index contributed by atoms with van der Waals surface area (Å²) in [5, 5.41) is 4.66. The van der Waals surface area contributed by atoms with Gasteiger partial charge in [-0.15, -0.1) is 0 Å². The molecule has 0 radical (unpaired) electrons. The topological polar surface area (TPSA) is 63.9 Å². The van der Waals surface area contributed by atoms with Gasteiger partial charge in [0, 0.05) is 24.5 Å². The van der Waals surface area contributed by atoms with Gasteiger partial charge in [-0.3, -0.25) is 4.79 Å². The van der Waals surface area contributed by atoms with Crippen LogP contribution >= 0.6 is 0 Å². The van der Waals surface area contributed by atoms with Gasteiger partial charge in [0.25, 0.3) is 5.56 Å². The molecule has 2 aromatic rings. The highest BCUT2D eigenvalue weighted by Gasteiger charge is 2.28. The van der Waals surface area contributed by atoms with Crippen LogP contribution in [0.3, 0.4) is 0 Å². The van der Waals surface area contributed by atoms with E-state index in [2.05, 4.69) is 20.0 Å². The van der Waals surface area contributed by atoms with Crippen LogP contribution in [0.25, 0.3) is 0 Å². The molecule has 4 rings (SSSR count). The van der Waals surface area contributed by atoms with Gasteiger partial charge in [-0.25, -0.2) is 14.6 Å². The predicted molar refractivity (Wildman–Crippen MR) is 92.3 cm³/mol. The van der Waals surface area contributed by atoms with Crippen molar-refractivity contribution < 1.29 is 0 Å². The van der Waals surface area contributed by atoms with E-state index in [1.165, 1.54) is 12.8 Å². The second-order valence-electron chi connectivity index (χ2n) is 6.83. The molecule has 1 fully saturated rings. The molecule has 0 aromatic carbocycles. The average molecular weight is 325 g/mol. The first kappa shape index (κ1) is 15.3. The first-order valence-electron chi connectivity index (χ1n) is 8.87. The zero-order valence-electron chi connectivity index (χ0n) is 14.1. The lowest BCUT2D eigenvalue weighted by atomic mass is 9.97. The van der Waals surface area contributed by atoms with E-state index in [0.29, 0.717) is 6.54 Å². The van der Waals surface area contributed by atoms with Gasteiger partial charge in [0.2, 0.25) is 5.95 Å². The van der Waals surface area contributed by atoms with Crippen LogP contribution < -0.4 is 10.5 Å². The van der Waals surface area contributed by atoms with Gasteiger partial charge in [0.05, 0.1) is 18.3 Å². The largest absolute Gasteiger partial charge is 0.336 e. The average Bonchev–Trinajstić information content (AvgIpc) is 3.04. The molecular formula is C18H23N5O. The Hall–Kier alpha value is -2.24. The van der Waals surface area contributed by atoms with Crippen LogP contribution in [-0.4, -0.2) is 32.3 Å². The molecule has 1 atom stereocenters. The maximum absolute atomic E-state index is 12.4. The van der Waals surface area contributed by atoms with Gasteiger partial charge >= 0.3 is 0 Å². The van der Waals surface area contributed by atoms with E-state index in [1.807, 2.05) is 13.0 Å². The Morgan fingerprint density at radius 1 is 1.25 bits per heavy atom. The summed E-state index contributed by atoms with van der Waals surface area (Å²) < 4.78 is 1.66. The summed E-state index contributed by atoms with van der Waals surface area (Å²) in [5.74, 6) is 0.767. The Kier molecular flexibility index (Phi) is 4.04. The molecule has 0 bridgehead atoms. The molecule has 0 N–H and O–H groups in total. The number of fused-ring (bicyclic) bond motifs is 1. The van der Waals surface area contributed by atoms with Gasteiger partial charge in [0.15, 0.2) is 0 Å². The fraction of sp³-hybridized carbons (Fsp3) is 0.556. The van der Waals surface area contributed by atoms with Crippen LogP contribution in [0, 0.1) is 6.92 Å². The highest BCUT2D eigenvalue weighted by molar-refractivity contribution is 5.33. The Morgan fingerprint density at radius 2 is 2.12 bits per heavy atom. The second kappa shape index (κ2) is 6.34. The van der Waals surface area contributed by atoms with Crippen molar-refractivity contribution in [2.45, 2.75) is 58.0 Å². The summed E-state index contributed by atoms with van der Waals surface area (Å²) in [7, 11) is 0. The minimum Gasteiger partial charge on any atom is -0.336 e. The molecule has 3 heterocycles. The number of hydrogen-bond acceptors (Lipinski definition) is 5. The van der Waals surface area contributed by atoms with Gasteiger partial charge in [0.1, 0.15) is 0 Å². The molecule has 2 aliphatic rings. The number of anilines is 1. The van der Waals surface area contributed by atoms with Crippen molar-refractivity contribution in [1.29, 1.82) is 0 Å². The van der Waals surface area contributed by atoms with Gasteiger partial charge in [-0.05, 0) is 57.1 Å². The van der Waals surface area contributed by atoms with Crippen molar-refractivity contribution >= 4 is 5.95 Å². The number of nitrogens with zero attached hydrogens (tertiary/aromatic N) is 5. The van der Waals surface area contributed by atoms with Crippen molar-refractivity contribution in [3.63, 3.8) is 0 Å². The fourth-order valence-corrected chi connectivity index (χ4v) is 3.79. The van der Waals surface area contributed by atoms with E-state index in [1.54, 1.807) is 16.9 Å². The lowest BCUT2D eigenvalue weighted by molar-refractivity contribution is 0.470. The molecule has 2 aromatic heterocycles. The Balaban J connectivity index is 1.59. The summed E-state index contributed by atoms with van der Waals surface area (Å²) >= 11 is 0. The van der Waals surface area contributed by atoms with E-state index in [-0.39, 0.29) is 11.6 Å². The third kappa shape index (κ3) is 2.92. The summed E-state index contributed by atoms with van der Waals surface area (Å²) in [6, 6.07) is 3.94. The van der Waals surface area contributed by atoms with Crippen LogP contribution in [0.2, 0.25) is 0 Å². The van der Waals surface area contributed by atoms with Crippen molar-refractivity contribution in [3.8, 4) is 0 Å². The van der Waals surface area contributed by atoms with Crippen molar-refractivity contribution in [2.24, 2.45) is 0 Å². The van der Waals surface area contributed by atoms with Crippen molar-refractivity contribution in [1.82, 2.24) is 19.7 Å². The van der Waals surface area contributed by atoms with Crippen LogP contribution in [0.15, 0.2) is 23.1 Å². The number of aryl methyl sites for hydroxylation is 3. The van der Waals surface area contributed by atoms with Gasteiger partial charge in [-0.2, -0.15) is 5.10 Å². The molecule has 0 spiro atoms. The number of aromatic nitrogens is 4. The Bertz CT molecular complexity index is 800. The maximum Gasteiger partial charge on any atom is 0.267 e. The third-order valence-electron chi connectivity index (χ3n) is 5.07. The molecular weight excluding hydrogens is 302 g/mol. The summed E-state index contributed by atoms with van der Waals surface area (Å²) in [6.07, 6.45) is 8.26. The monoisotopic (exact) mass is 325 g/mol. The lowest BCUT2D eigenvalue weighted by Crippen LogP contribution is -2.38. The highest BCUT2D eigenvalue weighted by atomic mass is 16.1. The normalized spacial score (nSPS) is 20.2. The number of rotatable bonds is 3. The molecule has 1 aliphatic carbocycles. The Labute approximate surface area is 141 Å². The van der Waals surface area contributed by atoms with E-state index in [0.717, 1.165) is 55.1 Å². The highest BCUT2D eigenvalue weighted by Crippen LogP contribution is 2.23. The summed E-state index contributed by atoms with van der Waals surface area (Å²) in [5.41, 5.74) is 3.24. The molecule has 0 saturated carbocycles. The molecule has 1 aliphatic heterocycles. The molecule has 126 valence electrons. The van der Waals surface area contributed by atoms with E-state index >= 15 is 0 Å². The van der Waals surface area contributed by atoms with E-state index in [4.69, 9.17) is 0 Å². The van der Waals surface area contributed by atoms with Crippen molar-refractivity contribution in [3.05, 3.63) is 45.6 Å². The van der Waals surface area contributed by atoms with Crippen LogP contribution in [0.1, 0.15) is 42.6 Å². The first-order chi connectivity index (χ1) is 11.7. The SMILES string of the molecule is Cc1ccnc(N2CCCC2Cn2nc3c(cc2=O)CCCC3)n1. The Morgan fingerprint density at radius 3 is 3.00 bits per heavy atom. The molecule has 6 nitrogen and oxygen atoms in total. The second-order valence-corrected chi connectivity index (χ2v) is 6.83. The lowest BCUT2D eigenvalue weighted by Gasteiger charge is -2.25. The minimum atomic E-state index is 0.0210. The van der Waals surface area contributed by atoms with Crippen LogP contribution in [0.4, 0.5) is 5.95 Å². The molecule has 0 amide bonds. The van der Waals surface area contributed by atoms with Crippen LogP contribution in [-0.2, 0) is 19.4 Å². The van der Waals surface area contributed by atoms with Gasteiger partial charge in [-0.1, -0.05) is 0 Å². The number of hydrogen-bond donors (Lipinski definition) is 0.